The molecule has 3 unspecified atom stereocenters. The standard InChI is InChI=1S/C18H27NO/c1-13-7-6-8-14(11-13)12-19-17-15-9-4-5-10-16(15)20-18(17,2)3/h4-5,9-10,13-14,17,19H,6-8,11-12H2,1-3H3. The summed E-state index contributed by atoms with van der Waals surface area (Å²) in [5.41, 5.74) is 1.17. The van der Waals surface area contributed by atoms with E-state index in [-0.39, 0.29) is 5.60 Å². The maximum atomic E-state index is 6.11. The van der Waals surface area contributed by atoms with Crippen LogP contribution in [0.25, 0.3) is 0 Å². The Morgan fingerprint density at radius 3 is 2.85 bits per heavy atom. The van der Waals surface area contributed by atoms with Crippen molar-refractivity contribution in [1.29, 1.82) is 0 Å². The molecule has 0 amide bonds. The van der Waals surface area contributed by atoms with Crippen molar-refractivity contribution in [2.45, 2.75) is 58.1 Å². The molecule has 1 aliphatic heterocycles. The third-order valence-corrected chi connectivity index (χ3v) is 4.95. The first kappa shape index (κ1) is 13.9. The Hall–Kier alpha value is -1.02. The summed E-state index contributed by atoms with van der Waals surface area (Å²) < 4.78 is 6.11. The van der Waals surface area contributed by atoms with Crippen molar-refractivity contribution < 1.29 is 4.74 Å². The Morgan fingerprint density at radius 2 is 2.05 bits per heavy atom. The molecule has 1 fully saturated rings. The van der Waals surface area contributed by atoms with E-state index in [0.29, 0.717) is 6.04 Å². The zero-order chi connectivity index (χ0) is 14.2. The summed E-state index contributed by atoms with van der Waals surface area (Å²) in [6, 6.07) is 8.77. The number of ether oxygens (including phenoxy) is 1. The van der Waals surface area contributed by atoms with E-state index in [1.54, 1.807) is 0 Å². The van der Waals surface area contributed by atoms with Crippen LogP contribution in [0.4, 0.5) is 0 Å². The minimum atomic E-state index is -0.149. The van der Waals surface area contributed by atoms with Gasteiger partial charge in [-0.2, -0.15) is 0 Å². The SMILES string of the molecule is CC1CCCC(CNC2c3ccccc3OC2(C)C)C1. The lowest BCUT2D eigenvalue weighted by Gasteiger charge is -2.31. The van der Waals surface area contributed by atoms with E-state index in [0.717, 1.165) is 24.1 Å². The lowest BCUT2D eigenvalue weighted by atomic mass is 9.82. The van der Waals surface area contributed by atoms with Crippen LogP contribution in [-0.2, 0) is 0 Å². The molecular formula is C18H27NO. The lowest BCUT2D eigenvalue weighted by molar-refractivity contribution is 0.0925. The first-order valence-corrected chi connectivity index (χ1v) is 8.07. The van der Waals surface area contributed by atoms with Gasteiger partial charge in [0.2, 0.25) is 0 Å². The van der Waals surface area contributed by atoms with Crippen LogP contribution in [0.5, 0.6) is 5.75 Å². The molecule has 0 saturated heterocycles. The van der Waals surface area contributed by atoms with Crippen LogP contribution in [0, 0.1) is 11.8 Å². The smallest absolute Gasteiger partial charge is 0.125 e. The van der Waals surface area contributed by atoms with E-state index in [2.05, 4.69) is 50.4 Å². The Kier molecular flexibility index (Phi) is 3.76. The first-order valence-electron chi connectivity index (χ1n) is 8.07. The topological polar surface area (TPSA) is 21.3 Å². The van der Waals surface area contributed by atoms with Crippen molar-refractivity contribution in [2.24, 2.45) is 11.8 Å². The number of fused-ring (bicyclic) bond motifs is 1. The molecule has 2 heteroatoms. The molecule has 1 aromatic rings. The molecule has 2 aliphatic rings. The van der Waals surface area contributed by atoms with Crippen LogP contribution in [0.3, 0.4) is 0 Å². The Balaban J connectivity index is 1.67. The van der Waals surface area contributed by atoms with Crippen LogP contribution in [0.2, 0.25) is 0 Å². The molecule has 1 saturated carbocycles. The molecule has 1 heterocycles. The van der Waals surface area contributed by atoms with Crippen LogP contribution in [0.1, 0.15) is 58.1 Å². The Bertz CT molecular complexity index is 468. The second-order valence-corrected chi connectivity index (χ2v) is 7.22. The van der Waals surface area contributed by atoms with Gasteiger partial charge in [-0.25, -0.2) is 0 Å². The monoisotopic (exact) mass is 273 g/mol. The molecule has 3 rings (SSSR count). The summed E-state index contributed by atoms with van der Waals surface area (Å²) in [4.78, 5) is 0. The second-order valence-electron chi connectivity index (χ2n) is 7.22. The third kappa shape index (κ3) is 2.71. The zero-order valence-corrected chi connectivity index (χ0v) is 13.0. The molecule has 1 aromatic carbocycles. The molecule has 3 atom stereocenters. The van der Waals surface area contributed by atoms with Gasteiger partial charge in [-0.15, -0.1) is 0 Å². The van der Waals surface area contributed by atoms with Crippen LogP contribution in [0.15, 0.2) is 24.3 Å². The fraction of sp³-hybridized carbons (Fsp3) is 0.667. The van der Waals surface area contributed by atoms with Crippen LogP contribution in [-0.4, -0.2) is 12.1 Å². The summed E-state index contributed by atoms with van der Waals surface area (Å²) in [6.07, 6.45) is 5.57. The quantitative estimate of drug-likeness (QED) is 0.886. The number of hydrogen-bond acceptors (Lipinski definition) is 2. The molecule has 0 aromatic heterocycles. The fourth-order valence-electron chi connectivity index (χ4n) is 3.91. The van der Waals surface area contributed by atoms with Gasteiger partial charge in [0.25, 0.3) is 0 Å². The average molecular weight is 273 g/mol. The molecule has 1 N–H and O–H groups in total. The molecule has 0 radical (unpaired) electrons. The summed E-state index contributed by atoms with van der Waals surface area (Å²) in [5, 5.41) is 3.79. The highest BCUT2D eigenvalue weighted by Gasteiger charge is 2.40. The summed E-state index contributed by atoms with van der Waals surface area (Å²) >= 11 is 0. The molecule has 1 aliphatic carbocycles. The molecule has 110 valence electrons. The maximum absolute atomic E-state index is 6.11. The number of nitrogens with one attached hydrogen (secondary N) is 1. The second kappa shape index (κ2) is 5.40. The van der Waals surface area contributed by atoms with Gasteiger partial charge in [0.15, 0.2) is 0 Å². The fourth-order valence-corrected chi connectivity index (χ4v) is 3.91. The van der Waals surface area contributed by atoms with Crippen molar-refractivity contribution in [3.63, 3.8) is 0 Å². The summed E-state index contributed by atoms with van der Waals surface area (Å²) in [5.74, 6) is 2.78. The van der Waals surface area contributed by atoms with Crippen LogP contribution < -0.4 is 10.1 Å². The lowest BCUT2D eigenvalue weighted by Crippen LogP contribution is -2.41. The van der Waals surface area contributed by atoms with E-state index in [1.807, 2.05) is 0 Å². The minimum absolute atomic E-state index is 0.149. The van der Waals surface area contributed by atoms with E-state index in [9.17, 15) is 0 Å². The van der Waals surface area contributed by atoms with Gasteiger partial charge in [-0.3, -0.25) is 0 Å². The van der Waals surface area contributed by atoms with Crippen molar-refractivity contribution >= 4 is 0 Å². The normalized spacial score (nSPS) is 31.6. The minimum Gasteiger partial charge on any atom is -0.486 e. The highest BCUT2D eigenvalue weighted by molar-refractivity contribution is 5.42. The average Bonchev–Trinajstić information content (AvgIpc) is 2.66. The third-order valence-electron chi connectivity index (χ3n) is 4.95. The Morgan fingerprint density at radius 1 is 1.25 bits per heavy atom. The summed E-state index contributed by atoms with van der Waals surface area (Å²) in [6.45, 7) is 7.89. The highest BCUT2D eigenvalue weighted by Crippen LogP contribution is 2.43. The molecule has 2 nitrogen and oxygen atoms in total. The van der Waals surface area contributed by atoms with Gasteiger partial charge in [0, 0.05) is 5.56 Å². The largest absolute Gasteiger partial charge is 0.486 e. The Labute approximate surface area is 122 Å². The van der Waals surface area contributed by atoms with E-state index in [4.69, 9.17) is 4.74 Å². The van der Waals surface area contributed by atoms with Gasteiger partial charge in [-0.1, -0.05) is 38.0 Å². The van der Waals surface area contributed by atoms with Crippen molar-refractivity contribution in [3.05, 3.63) is 29.8 Å². The van der Waals surface area contributed by atoms with Gasteiger partial charge in [0.05, 0.1) is 6.04 Å². The van der Waals surface area contributed by atoms with Gasteiger partial charge >= 0.3 is 0 Å². The molecule has 0 spiro atoms. The number of benzene rings is 1. The van der Waals surface area contributed by atoms with Crippen LogP contribution >= 0.6 is 0 Å². The highest BCUT2D eigenvalue weighted by atomic mass is 16.5. The maximum Gasteiger partial charge on any atom is 0.125 e. The van der Waals surface area contributed by atoms with E-state index >= 15 is 0 Å². The van der Waals surface area contributed by atoms with Gasteiger partial charge in [-0.05, 0) is 51.1 Å². The van der Waals surface area contributed by atoms with E-state index < -0.39 is 0 Å². The molecule has 20 heavy (non-hydrogen) atoms. The van der Waals surface area contributed by atoms with Gasteiger partial charge < -0.3 is 10.1 Å². The number of para-hydroxylation sites is 1. The molecular weight excluding hydrogens is 246 g/mol. The van der Waals surface area contributed by atoms with Crippen molar-refractivity contribution in [1.82, 2.24) is 5.32 Å². The van der Waals surface area contributed by atoms with E-state index in [1.165, 1.54) is 31.2 Å². The first-order chi connectivity index (χ1) is 9.56. The van der Waals surface area contributed by atoms with Gasteiger partial charge in [0.1, 0.15) is 11.4 Å². The number of rotatable bonds is 3. The number of hydrogen-bond donors (Lipinski definition) is 1. The van der Waals surface area contributed by atoms with Crippen molar-refractivity contribution in [3.8, 4) is 5.75 Å². The predicted octanol–water partition coefficient (Wildman–Crippen LogP) is 4.31. The van der Waals surface area contributed by atoms with Crippen molar-refractivity contribution in [2.75, 3.05) is 6.54 Å². The summed E-state index contributed by atoms with van der Waals surface area (Å²) in [7, 11) is 0. The molecule has 0 bridgehead atoms. The predicted molar refractivity (Wildman–Crippen MR) is 83.0 cm³/mol. The zero-order valence-electron chi connectivity index (χ0n) is 13.0.